The molecular weight excluding hydrogens is 366 g/mol. The number of hydrogen-bond acceptors (Lipinski definition) is 5. The Labute approximate surface area is 152 Å². The fourth-order valence-electron chi connectivity index (χ4n) is 2.40. The molecule has 1 aromatic carbocycles. The number of aryl methyl sites for hydroxylation is 2. The molecule has 0 spiro atoms. The van der Waals surface area contributed by atoms with Gasteiger partial charge in [0.15, 0.2) is 0 Å². The van der Waals surface area contributed by atoms with Crippen molar-refractivity contribution in [1.29, 1.82) is 0 Å². The summed E-state index contributed by atoms with van der Waals surface area (Å²) in [4.78, 5) is 0.0449. The molecule has 2 rings (SSSR count). The first-order valence-corrected chi connectivity index (χ1v) is 9.57. The van der Waals surface area contributed by atoms with Gasteiger partial charge in [0.05, 0.1) is 30.6 Å². The third-order valence-corrected chi connectivity index (χ3v) is 5.82. The van der Waals surface area contributed by atoms with Crippen molar-refractivity contribution >= 4 is 21.6 Å². The molecule has 1 N–H and O–H groups in total. The predicted molar refractivity (Wildman–Crippen MR) is 96.1 cm³/mol. The second-order valence-corrected chi connectivity index (χ2v) is 7.59. The van der Waals surface area contributed by atoms with Gasteiger partial charge in [0.25, 0.3) is 0 Å². The molecule has 0 aliphatic heterocycles. The van der Waals surface area contributed by atoms with Crippen LogP contribution in [0.1, 0.15) is 17.8 Å². The fraction of sp³-hybridized carbons (Fsp3) is 0.438. The van der Waals surface area contributed by atoms with Crippen molar-refractivity contribution in [2.75, 3.05) is 20.8 Å². The number of ether oxygens (including phenoxy) is 2. The molecule has 25 heavy (non-hydrogen) atoms. The predicted octanol–water partition coefficient (Wildman–Crippen LogP) is 2.54. The van der Waals surface area contributed by atoms with Gasteiger partial charge in [-0.3, -0.25) is 4.68 Å². The van der Waals surface area contributed by atoms with Crippen molar-refractivity contribution in [3.63, 3.8) is 0 Å². The van der Waals surface area contributed by atoms with E-state index in [0.29, 0.717) is 23.7 Å². The molecular formula is C16H22ClN3O4S. The van der Waals surface area contributed by atoms with Gasteiger partial charge in [-0.05, 0) is 32.4 Å². The van der Waals surface area contributed by atoms with Crippen LogP contribution in [0.25, 0.3) is 0 Å². The molecule has 0 saturated carbocycles. The van der Waals surface area contributed by atoms with Gasteiger partial charge in [0.2, 0.25) is 10.0 Å². The summed E-state index contributed by atoms with van der Waals surface area (Å²) in [5, 5.41) is 4.96. The number of aromatic nitrogens is 2. The van der Waals surface area contributed by atoms with E-state index in [0.717, 1.165) is 11.4 Å². The SMILES string of the molecule is COc1ccc(OC)c(S(=O)(=O)NCCCn2nc(C)c(Cl)c2C)c1. The average molecular weight is 388 g/mol. The van der Waals surface area contributed by atoms with Gasteiger partial charge in [0, 0.05) is 19.2 Å². The minimum Gasteiger partial charge on any atom is -0.497 e. The lowest BCUT2D eigenvalue weighted by atomic mass is 10.3. The number of benzene rings is 1. The quantitative estimate of drug-likeness (QED) is 0.704. The Morgan fingerprint density at radius 3 is 2.52 bits per heavy atom. The highest BCUT2D eigenvalue weighted by Gasteiger charge is 2.20. The van der Waals surface area contributed by atoms with Crippen LogP contribution in [0.4, 0.5) is 0 Å². The molecule has 0 aliphatic rings. The van der Waals surface area contributed by atoms with Gasteiger partial charge in [-0.1, -0.05) is 11.6 Å². The maximum Gasteiger partial charge on any atom is 0.244 e. The van der Waals surface area contributed by atoms with Gasteiger partial charge in [-0.25, -0.2) is 13.1 Å². The molecule has 9 heteroatoms. The minimum absolute atomic E-state index is 0.0449. The van der Waals surface area contributed by atoms with Gasteiger partial charge < -0.3 is 9.47 Å². The molecule has 0 atom stereocenters. The largest absolute Gasteiger partial charge is 0.497 e. The molecule has 0 amide bonds. The highest BCUT2D eigenvalue weighted by Crippen LogP contribution is 2.28. The molecule has 1 heterocycles. The van der Waals surface area contributed by atoms with Crippen LogP contribution in [0.2, 0.25) is 5.02 Å². The van der Waals surface area contributed by atoms with E-state index in [1.54, 1.807) is 16.8 Å². The summed E-state index contributed by atoms with van der Waals surface area (Å²) in [5.74, 6) is 0.706. The van der Waals surface area contributed by atoms with Crippen LogP contribution in [0.3, 0.4) is 0 Å². The first-order valence-electron chi connectivity index (χ1n) is 7.71. The Kier molecular flexibility index (Phi) is 6.31. The molecule has 138 valence electrons. The Hall–Kier alpha value is -1.77. The van der Waals surface area contributed by atoms with E-state index in [1.807, 2.05) is 13.8 Å². The lowest BCUT2D eigenvalue weighted by molar-refractivity contribution is 0.392. The Morgan fingerprint density at radius 1 is 1.24 bits per heavy atom. The summed E-state index contributed by atoms with van der Waals surface area (Å²) < 4.78 is 39.6. The van der Waals surface area contributed by atoms with Crippen molar-refractivity contribution in [3.8, 4) is 11.5 Å². The Morgan fingerprint density at radius 2 is 1.96 bits per heavy atom. The Bertz CT molecular complexity index is 849. The van der Waals surface area contributed by atoms with E-state index >= 15 is 0 Å². The average Bonchev–Trinajstić information content (AvgIpc) is 2.85. The maximum absolute atomic E-state index is 12.5. The number of halogens is 1. The Balaban J connectivity index is 2.03. The molecule has 0 aliphatic carbocycles. The van der Waals surface area contributed by atoms with E-state index < -0.39 is 10.0 Å². The summed E-state index contributed by atoms with van der Waals surface area (Å²) in [6, 6.07) is 4.64. The van der Waals surface area contributed by atoms with Crippen LogP contribution < -0.4 is 14.2 Å². The van der Waals surface area contributed by atoms with Crippen LogP contribution in [0.15, 0.2) is 23.1 Å². The first-order chi connectivity index (χ1) is 11.8. The standard InChI is InChI=1S/C16H22ClN3O4S/c1-11-16(17)12(2)20(19-11)9-5-8-18-25(21,22)15-10-13(23-3)6-7-14(15)24-4/h6-7,10,18H,5,8-9H2,1-4H3. The van der Waals surface area contributed by atoms with E-state index in [4.69, 9.17) is 21.1 Å². The van der Waals surface area contributed by atoms with E-state index in [1.165, 1.54) is 20.3 Å². The van der Waals surface area contributed by atoms with Crippen molar-refractivity contribution in [3.05, 3.63) is 34.6 Å². The monoisotopic (exact) mass is 387 g/mol. The van der Waals surface area contributed by atoms with Crippen molar-refractivity contribution < 1.29 is 17.9 Å². The molecule has 7 nitrogen and oxygen atoms in total. The van der Waals surface area contributed by atoms with Crippen LogP contribution in [-0.2, 0) is 16.6 Å². The third kappa shape index (κ3) is 4.45. The van der Waals surface area contributed by atoms with Gasteiger partial charge in [-0.15, -0.1) is 0 Å². The maximum atomic E-state index is 12.5. The summed E-state index contributed by atoms with van der Waals surface area (Å²) in [5.41, 5.74) is 1.64. The van der Waals surface area contributed by atoms with Gasteiger partial charge >= 0.3 is 0 Å². The summed E-state index contributed by atoms with van der Waals surface area (Å²) in [6.45, 7) is 4.55. The number of sulfonamides is 1. The molecule has 0 saturated heterocycles. The molecule has 1 aromatic heterocycles. The van der Waals surface area contributed by atoms with Crippen molar-refractivity contribution in [2.45, 2.75) is 31.7 Å². The lowest BCUT2D eigenvalue weighted by Crippen LogP contribution is -2.26. The lowest BCUT2D eigenvalue weighted by Gasteiger charge is -2.12. The van der Waals surface area contributed by atoms with Crippen molar-refractivity contribution in [1.82, 2.24) is 14.5 Å². The molecule has 2 aromatic rings. The fourth-order valence-corrected chi connectivity index (χ4v) is 3.79. The summed E-state index contributed by atoms with van der Waals surface area (Å²) >= 11 is 6.11. The number of methoxy groups -OCH3 is 2. The smallest absolute Gasteiger partial charge is 0.244 e. The zero-order valence-electron chi connectivity index (χ0n) is 14.7. The molecule has 0 fully saturated rings. The first kappa shape index (κ1) is 19.6. The normalized spacial score (nSPS) is 11.6. The topological polar surface area (TPSA) is 82.5 Å². The van der Waals surface area contributed by atoms with Crippen LogP contribution in [-0.4, -0.2) is 39.0 Å². The summed E-state index contributed by atoms with van der Waals surface area (Å²) in [7, 11) is -0.813. The van der Waals surface area contributed by atoms with E-state index in [-0.39, 0.29) is 17.2 Å². The van der Waals surface area contributed by atoms with Crippen LogP contribution in [0, 0.1) is 13.8 Å². The van der Waals surface area contributed by atoms with Gasteiger partial charge in [0.1, 0.15) is 16.4 Å². The zero-order chi connectivity index (χ0) is 18.6. The molecule has 0 bridgehead atoms. The number of nitrogens with one attached hydrogen (secondary N) is 1. The second-order valence-electron chi connectivity index (χ2n) is 5.48. The van der Waals surface area contributed by atoms with Gasteiger partial charge in [-0.2, -0.15) is 5.10 Å². The number of hydrogen-bond donors (Lipinski definition) is 1. The van der Waals surface area contributed by atoms with E-state index in [2.05, 4.69) is 9.82 Å². The molecule has 0 radical (unpaired) electrons. The number of nitrogens with zero attached hydrogens (tertiary/aromatic N) is 2. The van der Waals surface area contributed by atoms with Crippen LogP contribution >= 0.6 is 11.6 Å². The van der Waals surface area contributed by atoms with E-state index in [9.17, 15) is 8.42 Å². The highest BCUT2D eigenvalue weighted by atomic mass is 35.5. The summed E-state index contributed by atoms with van der Waals surface area (Å²) in [6.07, 6.45) is 0.573. The zero-order valence-corrected chi connectivity index (χ0v) is 16.2. The third-order valence-electron chi connectivity index (χ3n) is 3.79. The highest BCUT2D eigenvalue weighted by molar-refractivity contribution is 7.89. The van der Waals surface area contributed by atoms with Crippen LogP contribution in [0.5, 0.6) is 11.5 Å². The minimum atomic E-state index is -3.71. The number of rotatable bonds is 8. The van der Waals surface area contributed by atoms with Crippen molar-refractivity contribution in [2.24, 2.45) is 0 Å². The molecule has 0 unspecified atom stereocenters. The second kappa shape index (κ2) is 8.07.